The minimum Gasteiger partial charge on any atom is -0.494 e. The highest BCUT2D eigenvalue weighted by Gasteiger charge is 2.34. The number of nitrogens with one attached hydrogen (secondary N) is 1. The van der Waals surface area contributed by atoms with Crippen molar-refractivity contribution in [2.45, 2.75) is 57.5 Å². The summed E-state index contributed by atoms with van der Waals surface area (Å²) in [5, 5.41) is 3.24. The Hall–Kier alpha value is -3.94. The highest BCUT2D eigenvalue weighted by molar-refractivity contribution is 5.96. The first-order valence-corrected chi connectivity index (χ1v) is 13.6. The van der Waals surface area contributed by atoms with Gasteiger partial charge in [0.2, 0.25) is 5.91 Å². The summed E-state index contributed by atoms with van der Waals surface area (Å²) in [5.41, 5.74) is 1.65. The normalized spacial score (nSPS) is 14.3. The van der Waals surface area contributed by atoms with Crippen molar-refractivity contribution in [1.82, 2.24) is 10.2 Å². The maximum atomic E-state index is 13.9. The van der Waals surface area contributed by atoms with Crippen molar-refractivity contribution in [3.8, 4) is 17.2 Å². The number of nitrogens with zero attached hydrogens (tertiary/aromatic N) is 1. The summed E-state index contributed by atoms with van der Waals surface area (Å²) in [4.78, 5) is 29.3. The smallest absolute Gasteiger partial charge is 0.290 e. The zero-order chi connectivity index (χ0) is 27.6. The van der Waals surface area contributed by atoms with Crippen LogP contribution in [0.25, 0.3) is 0 Å². The molecule has 1 saturated carbocycles. The van der Waals surface area contributed by atoms with Crippen LogP contribution in [-0.4, -0.2) is 50.1 Å². The van der Waals surface area contributed by atoms with Gasteiger partial charge in [-0.05, 0) is 73.7 Å². The number of methoxy groups -OCH3 is 2. The third-order valence-electron chi connectivity index (χ3n) is 7.10. The van der Waals surface area contributed by atoms with Crippen LogP contribution in [0.1, 0.15) is 66.8 Å². The average molecular weight is 535 g/mol. The summed E-state index contributed by atoms with van der Waals surface area (Å²) < 4.78 is 21.9. The van der Waals surface area contributed by atoms with Crippen molar-refractivity contribution < 1.29 is 28.2 Å². The number of furan rings is 1. The van der Waals surface area contributed by atoms with E-state index in [4.69, 9.17) is 18.6 Å². The first-order valence-electron chi connectivity index (χ1n) is 13.6. The molecule has 3 aromatic rings. The topological polar surface area (TPSA) is 90.2 Å². The summed E-state index contributed by atoms with van der Waals surface area (Å²) in [6, 6.07) is 15.6. The van der Waals surface area contributed by atoms with Gasteiger partial charge >= 0.3 is 0 Å². The minimum atomic E-state index is -0.847. The molecule has 0 bridgehead atoms. The molecule has 39 heavy (non-hydrogen) atoms. The summed E-state index contributed by atoms with van der Waals surface area (Å²) in [7, 11) is 3.18. The van der Waals surface area contributed by atoms with Gasteiger partial charge in [-0.3, -0.25) is 9.59 Å². The van der Waals surface area contributed by atoms with E-state index >= 15 is 0 Å². The molecule has 4 rings (SSSR count). The van der Waals surface area contributed by atoms with E-state index in [0.717, 1.165) is 31.2 Å². The molecule has 1 aliphatic carbocycles. The van der Waals surface area contributed by atoms with Crippen LogP contribution in [0, 0.1) is 0 Å². The van der Waals surface area contributed by atoms with Crippen molar-refractivity contribution in [2.24, 2.45) is 0 Å². The Morgan fingerprint density at radius 1 is 1.00 bits per heavy atom. The average Bonchev–Trinajstić information content (AvgIpc) is 3.51. The lowest BCUT2D eigenvalue weighted by Crippen LogP contribution is -2.47. The predicted octanol–water partition coefficient (Wildman–Crippen LogP) is 5.57. The Balaban J connectivity index is 1.67. The van der Waals surface area contributed by atoms with E-state index in [9.17, 15) is 9.59 Å². The zero-order valence-electron chi connectivity index (χ0n) is 23.0. The van der Waals surface area contributed by atoms with Crippen LogP contribution >= 0.6 is 0 Å². The number of hydrogen-bond acceptors (Lipinski definition) is 6. The Morgan fingerprint density at radius 2 is 1.74 bits per heavy atom. The van der Waals surface area contributed by atoms with E-state index in [0.29, 0.717) is 35.8 Å². The Kier molecular flexibility index (Phi) is 9.89. The molecule has 0 radical (unpaired) electrons. The SMILES string of the molecule is CCOc1ccc([C@H](C(=O)NC2CCCCC2)N(CCc2ccc(OC)c(OC)c2)C(=O)c2ccco2)cc1. The van der Waals surface area contributed by atoms with Crippen LogP contribution in [0.4, 0.5) is 0 Å². The fourth-order valence-corrected chi connectivity index (χ4v) is 5.09. The van der Waals surface area contributed by atoms with Crippen LogP contribution in [0.2, 0.25) is 0 Å². The number of carbonyl (C=O) groups is 2. The molecule has 1 heterocycles. The predicted molar refractivity (Wildman–Crippen MR) is 148 cm³/mol. The van der Waals surface area contributed by atoms with Gasteiger partial charge in [0.15, 0.2) is 17.3 Å². The van der Waals surface area contributed by atoms with E-state index in [1.54, 1.807) is 31.3 Å². The summed E-state index contributed by atoms with van der Waals surface area (Å²) in [6.07, 6.45) is 7.22. The number of benzene rings is 2. The van der Waals surface area contributed by atoms with Gasteiger partial charge in [-0.1, -0.05) is 37.5 Å². The molecule has 1 aromatic heterocycles. The Morgan fingerprint density at radius 3 is 2.38 bits per heavy atom. The van der Waals surface area contributed by atoms with E-state index in [1.807, 2.05) is 49.4 Å². The Bertz CT molecular complexity index is 1200. The monoisotopic (exact) mass is 534 g/mol. The highest BCUT2D eigenvalue weighted by atomic mass is 16.5. The van der Waals surface area contributed by atoms with Gasteiger partial charge in [0.1, 0.15) is 11.8 Å². The second-order valence-electron chi connectivity index (χ2n) is 9.66. The molecule has 1 aliphatic rings. The summed E-state index contributed by atoms with van der Waals surface area (Å²) in [6.45, 7) is 2.75. The van der Waals surface area contributed by atoms with E-state index < -0.39 is 6.04 Å². The van der Waals surface area contributed by atoms with Gasteiger partial charge in [0.05, 0.1) is 27.1 Å². The first kappa shape index (κ1) is 28.1. The molecule has 0 saturated heterocycles. The maximum Gasteiger partial charge on any atom is 0.290 e. The third kappa shape index (κ3) is 7.13. The van der Waals surface area contributed by atoms with Crippen LogP contribution in [0.3, 0.4) is 0 Å². The molecule has 2 amide bonds. The molecule has 8 nitrogen and oxygen atoms in total. The highest BCUT2D eigenvalue weighted by Crippen LogP contribution is 2.30. The number of amides is 2. The van der Waals surface area contributed by atoms with E-state index in [-0.39, 0.29) is 30.2 Å². The molecule has 1 fully saturated rings. The fraction of sp³-hybridized carbons (Fsp3) is 0.419. The minimum absolute atomic E-state index is 0.0999. The van der Waals surface area contributed by atoms with Gasteiger partial charge in [-0.15, -0.1) is 0 Å². The van der Waals surface area contributed by atoms with Crippen molar-refractivity contribution in [2.75, 3.05) is 27.4 Å². The lowest BCUT2D eigenvalue weighted by Gasteiger charge is -2.33. The van der Waals surface area contributed by atoms with Gasteiger partial charge in [-0.25, -0.2) is 0 Å². The van der Waals surface area contributed by atoms with E-state index in [2.05, 4.69) is 5.32 Å². The fourth-order valence-electron chi connectivity index (χ4n) is 5.09. The van der Waals surface area contributed by atoms with Crippen LogP contribution in [0.5, 0.6) is 17.2 Å². The quantitative estimate of drug-likeness (QED) is 0.327. The van der Waals surface area contributed by atoms with Gasteiger partial charge in [-0.2, -0.15) is 0 Å². The molecule has 2 aromatic carbocycles. The van der Waals surface area contributed by atoms with Crippen molar-refractivity contribution in [3.63, 3.8) is 0 Å². The van der Waals surface area contributed by atoms with Crippen molar-refractivity contribution in [1.29, 1.82) is 0 Å². The van der Waals surface area contributed by atoms with Crippen LogP contribution < -0.4 is 19.5 Å². The van der Waals surface area contributed by atoms with E-state index in [1.165, 1.54) is 12.7 Å². The van der Waals surface area contributed by atoms with Crippen LogP contribution in [-0.2, 0) is 11.2 Å². The summed E-state index contributed by atoms with van der Waals surface area (Å²) >= 11 is 0. The molecule has 1 atom stereocenters. The second kappa shape index (κ2) is 13.7. The molecule has 0 aliphatic heterocycles. The number of ether oxygens (including phenoxy) is 3. The van der Waals surface area contributed by atoms with Crippen molar-refractivity contribution in [3.05, 3.63) is 77.7 Å². The molecule has 8 heteroatoms. The lowest BCUT2D eigenvalue weighted by molar-refractivity contribution is -0.126. The number of rotatable bonds is 12. The maximum absolute atomic E-state index is 13.9. The second-order valence-corrected chi connectivity index (χ2v) is 9.66. The largest absolute Gasteiger partial charge is 0.494 e. The molecule has 1 N–H and O–H groups in total. The standard InChI is InChI=1S/C31H38N2O6/c1-4-38-25-15-13-23(14-16-25)29(30(34)32-24-9-6-5-7-10-24)33(31(35)27-11-8-20-39-27)19-18-22-12-17-26(36-2)28(21-22)37-3/h8,11-17,20-21,24,29H,4-7,9-10,18-19H2,1-3H3,(H,32,34)/t29-/m1/s1. The van der Waals surface area contributed by atoms with Gasteiger partial charge in [0, 0.05) is 12.6 Å². The van der Waals surface area contributed by atoms with Crippen LogP contribution in [0.15, 0.2) is 65.3 Å². The van der Waals surface area contributed by atoms with Gasteiger partial charge in [0.25, 0.3) is 5.91 Å². The number of carbonyl (C=O) groups excluding carboxylic acids is 2. The van der Waals surface area contributed by atoms with Gasteiger partial charge < -0.3 is 28.8 Å². The molecule has 0 spiro atoms. The summed E-state index contributed by atoms with van der Waals surface area (Å²) in [5.74, 6) is 1.59. The first-order chi connectivity index (χ1) is 19.0. The molecule has 208 valence electrons. The lowest BCUT2D eigenvalue weighted by atomic mass is 9.94. The van der Waals surface area contributed by atoms with Crippen molar-refractivity contribution >= 4 is 11.8 Å². The molecule has 0 unspecified atom stereocenters. The Labute approximate surface area is 230 Å². The zero-order valence-corrected chi connectivity index (χ0v) is 23.0. The molecular weight excluding hydrogens is 496 g/mol. The number of hydrogen-bond donors (Lipinski definition) is 1. The third-order valence-corrected chi connectivity index (χ3v) is 7.10. The molecular formula is C31H38N2O6.